The van der Waals surface area contributed by atoms with Gasteiger partial charge in [0.1, 0.15) is 0 Å². The predicted molar refractivity (Wildman–Crippen MR) is 60.9 cm³/mol. The van der Waals surface area contributed by atoms with Crippen LogP contribution in [0.2, 0.25) is 5.02 Å². The Labute approximate surface area is 105 Å². The van der Waals surface area contributed by atoms with Crippen LogP contribution in [-0.4, -0.2) is 27.3 Å². The molecule has 0 amide bonds. The smallest absolute Gasteiger partial charge is 0.375 e. The van der Waals surface area contributed by atoms with Crippen molar-refractivity contribution in [3.05, 3.63) is 40.7 Å². The number of rotatable bonds is 3. The minimum atomic E-state index is -1.39. The molecule has 0 aliphatic rings. The normalized spacial score (nSPS) is 10.3. The second-order valence-electron chi connectivity index (χ2n) is 3.35. The van der Waals surface area contributed by atoms with Crippen molar-refractivity contribution in [3.63, 3.8) is 0 Å². The van der Waals surface area contributed by atoms with Gasteiger partial charge in [0, 0.05) is 5.02 Å². The number of aromatic carboxylic acids is 2. The van der Waals surface area contributed by atoms with Crippen molar-refractivity contribution in [2.75, 3.05) is 0 Å². The zero-order chi connectivity index (χ0) is 13.3. The lowest BCUT2D eigenvalue weighted by Gasteiger charge is -2.00. The average Bonchev–Trinajstić information content (AvgIpc) is 2.74. The average molecular weight is 268 g/mol. The van der Waals surface area contributed by atoms with Crippen molar-refractivity contribution in [1.29, 1.82) is 0 Å². The molecule has 0 bridgehead atoms. The monoisotopic (exact) mass is 267 g/mol. The molecule has 0 atom stereocenters. The van der Waals surface area contributed by atoms with Crippen LogP contribution in [0.5, 0.6) is 0 Å². The van der Waals surface area contributed by atoms with Gasteiger partial charge in [0.15, 0.2) is 5.69 Å². The summed E-state index contributed by atoms with van der Waals surface area (Å²) < 4.78 is 4.54. The molecule has 1 aromatic heterocycles. The van der Waals surface area contributed by atoms with Crippen molar-refractivity contribution in [2.24, 2.45) is 0 Å². The molecule has 2 aromatic rings. The molecule has 2 N–H and O–H groups in total. The van der Waals surface area contributed by atoms with Gasteiger partial charge >= 0.3 is 11.9 Å². The minimum Gasteiger partial charge on any atom is -0.476 e. The Kier molecular flexibility index (Phi) is 3.03. The zero-order valence-corrected chi connectivity index (χ0v) is 9.51. The van der Waals surface area contributed by atoms with Crippen LogP contribution >= 0.6 is 11.6 Å². The van der Waals surface area contributed by atoms with E-state index in [-0.39, 0.29) is 5.56 Å². The summed E-state index contributed by atoms with van der Waals surface area (Å²) in [7, 11) is 0. The lowest BCUT2D eigenvalue weighted by Crippen LogP contribution is -2.02. The van der Waals surface area contributed by atoms with Crippen LogP contribution in [0.15, 0.2) is 28.8 Å². The van der Waals surface area contributed by atoms with Gasteiger partial charge < -0.3 is 14.7 Å². The molecule has 0 unspecified atom stereocenters. The highest BCUT2D eigenvalue weighted by atomic mass is 35.5. The number of carboxylic acids is 2. The van der Waals surface area contributed by atoms with E-state index >= 15 is 0 Å². The van der Waals surface area contributed by atoms with Gasteiger partial charge in [0.05, 0.1) is 5.56 Å². The Bertz CT molecular complexity index is 585. The number of carbonyl (C=O) groups is 2. The summed E-state index contributed by atoms with van der Waals surface area (Å²) in [6, 6.07) is 6.02. The molecular weight excluding hydrogens is 262 g/mol. The first-order valence-electron chi connectivity index (χ1n) is 4.73. The molecule has 92 valence electrons. The third-order valence-electron chi connectivity index (χ3n) is 2.22. The number of hydrogen-bond donors (Lipinski definition) is 2. The fourth-order valence-corrected chi connectivity index (χ4v) is 1.59. The Morgan fingerprint density at radius 3 is 2.22 bits per heavy atom. The molecule has 1 aromatic carbocycles. The summed E-state index contributed by atoms with van der Waals surface area (Å²) >= 11 is 5.71. The van der Waals surface area contributed by atoms with Crippen LogP contribution < -0.4 is 0 Å². The van der Waals surface area contributed by atoms with E-state index < -0.39 is 23.4 Å². The third kappa shape index (κ3) is 2.05. The van der Waals surface area contributed by atoms with Crippen LogP contribution in [0.1, 0.15) is 21.0 Å². The van der Waals surface area contributed by atoms with Crippen molar-refractivity contribution in [1.82, 2.24) is 5.16 Å². The van der Waals surface area contributed by atoms with E-state index in [4.69, 9.17) is 21.8 Å². The van der Waals surface area contributed by atoms with Crippen LogP contribution in [0.25, 0.3) is 11.1 Å². The maximum atomic E-state index is 11.0. The standard InChI is InChI=1S/C11H6ClNO5/c12-6-3-1-5(2-4-6)7-8(10(14)15)13-18-9(7)11(16)17/h1-4H,(H,14,15)(H,16,17). The summed E-state index contributed by atoms with van der Waals surface area (Å²) in [6.07, 6.45) is 0. The van der Waals surface area contributed by atoms with E-state index in [1.165, 1.54) is 24.3 Å². The first-order valence-corrected chi connectivity index (χ1v) is 5.10. The molecule has 0 spiro atoms. The van der Waals surface area contributed by atoms with Gasteiger partial charge in [0.25, 0.3) is 5.76 Å². The second-order valence-corrected chi connectivity index (χ2v) is 3.79. The second kappa shape index (κ2) is 4.50. The minimum absolute atomic E-state index is 0.0772. The molecule has 6 nitrogen and oxygen atoms in total. The Morgan fingerprint density at radius 2 is 1.72 bits per heavy atom. The quantitative estimate of drug-likeness (QED) is 0.885. The summed E-state index contributed by atoms with van der Waals surface area (Å²) in [6.45, 7) is 0. The highest BCUT2D eigenvalue weighted by Crippen LogP contribution is 2.28. The molecule has 0 aliphatic carbocycles. The molecule has 7 heteroatoms. The maximum absolute atomic E-state index is 11.0. The molecule has 1 heterocycles. The van der Waals surface area contributed by atoms with Crippen LogP contribution in [-0.2, 0) is 0 Å². The summed E-state index contributed by atoms with van der Waals surface area (Å²) in [5.41, 5.74) is -0.170. The first kappa shape index (κ1) is 12.1. The number of benzene rings is 1. The zero-order valence-electron chi connectivity index (χ0n) is 8.75. The summed E-state index contributed by atoms with van der Waals surface area (Å²) in [5, 5.41) is 21.6. The molecule has 0 radical (unpaired) electrons. The van der Waals surface area contributed by atoms with E-state index in [0.717, 1.165) is 0 Å². The summed E-state index contributed by atoms with van der Waals surface area (Å²) in [5.74, 6) is -3.27. The van der Waals surface area contributed by atoms with Crippen LogP contribution in [0.3, 0.4) is 0 Å². The number of aromatic nitrogens is 1. The van der Waals surface area contributed by atoms with E-state index in [0.29, 0.717) is 10.6 Å². The topological polar surface area (TPSA) is 101 Å². The third-order valence-corrected chi connectivity index (χ3v) is 2.47. The fourth-order valence-electron chi connectivity index (χ4n) is 1.47. The van der Waals surface area contributed by atoms with E-state index in [1.54, 1.807) is 0 Å². The van der Waals surface area contributed by atoms with Crippen LogP contribution in [0, 0.1) is 0 Å². The van der Waals surface area contributed by atoms with E-state index in [1.807, 2.05) is 0 Å². The Hall–Kier alpha value is -2.34. The van der Waals surface area contributed by atoms with Gasteiger partial charge in [-0.3, -0.25) is 0 Å². The van der Waals surface area contributed by atoms with E-state index in [2.05, 4.69) is 9.68 Å². The number of nitrogens with zero attached hydrogens (tertiary/aromatic N) is 1. The van der Waals surface area contributed by atoms with Gasteiger partial charge in [-0.15, -0.1) is 0 Å². The van der Waals surface area contributed by atoms with Gasteiger partial charge in [-0.2, -0.15) is 0 Å². The van der Waals surface area contributed by atoms with Crippen molar-refractivity contribution in [3.8, 4) is 11.1 Å². The van der Waals surface area contributed by atoms with Crippen molar-refractivity contribution in [2.45, 2.75) is 0 Å². The largest absolute Gasteiger partial charge is 0.476 e. The van der Waals surface area contributed by atoms with Crippen molar-refractivity contribution < 1.29 is 24.3 Å². The Balaban J connectivity index is 2.66. The lowest BCUT2D eigenvalue weighted by atomic mass is 10.0. The highest BCUT2D eigenvalue weighted by Gasteiger charge is 2.26. The van der Waals surface area contributed by atoms with Crippen LogP contribution in [0.4, 0.5) is 0 Å². The molecule has 18 heavy (non-hydrogen) atoms. The molecule has 2 rings (SSSR count). The number of halogens is 1. The van der Waals surface area contributed by atoms with Gasteiger partial charge in [0.2, 0.25) is 0 Å². The highest BCUT2D eigenvalue weighted by molar-refractivity contribution is 6.30. The number of hydrogen-bond acceptors (Lipinski definition) is 4. The molecule has 0 saturated carbocycles. The van der Waals surface area contributed by atoms with Crippen molar-refractivity contribution >= 4 is 23.5 Å². The van der Waals surface area contributed by atoms with Gasteiger partial charge in [-0.05, 0) is 17.7 Å². The Morgan fingerprint density at radius 1 is 1.11 bits per heavy atom. The molecular formula is C11H6ClNO5. The van der Waals surface area contributed by atoms with E-state index in [9.17, 15) is 9.59 Å². The molecule has 0 fully saturated rings. The molecule has 0 saturated heterocycles. The lowest BCUT2D eigenvalue weighted by molar-refractivity contribution is 0.0642. The summed E-state index contributed by atoms with van der Waals surface area (Å²) in [4.78, 5) is 21.9. The maximum Gasteiger partial charge on any atom is 0.375 e. The van der Waals surface area contributed by atoms with Gasteiger partial charge in [-0.25, -0.2) is 9.59 Å². The molecule has 0 aliphatic heterocycles. The number of carboxylic acid groups (broad SMARTS) is 2. The fraction of sp³-hybridized carbons (Fsp3) is 0. The predicted octanol–water partition coefficient (Wildman–Crippen LogP) is 2.39. The SMILES string of the molecule is O=C(O)c1noc(C(=O)O)c1-c1ccc(Cl)cc1. The first-order chi connectivity index (χ1) is 8.50. The van der Waals surface area contributed by atoms with Gasteiger partial charge in [-0.1, -0.05) is 28.9 Å².